The van der Waals surface area contributed by atoms with Crippen LogP contribution in [0.3, 0.4) is 0 Å². The van der Waals surface area contributed by atoms with Crippen LogP contribution in [-0.2, 0) is 19.7 Å². The van der Waals surface area contributed by atoms with Gasteiger partial charge in [0, 0.05) is 6.07 Å². The molecular formula is C27H32N2O4. The molecule has 1 aromatic heterocycles. The lowest BCUT2D eigenvalue weighted by Gasteiger charge is -2.38. The highest BCUT2D eigenvalue weighted by Gasteiger charge is 2.53. The number of aryl methyl sites for hydroxylation is 1. The Morgan fingerprint density at radius 2 is 1.85 bits per heavy atom. The monoisotopic (exact) mass is 448 g/mol. The molecule has 174 valence electrons. The molecule has 6 nitrogen and oxygen atoms in total. The van der Waals surface area contributed by atoms with Gasteiger partial charge < -0.3 is 9.26 Å². The maximum Gasteiger partial charge on any atom is 0.295 e. The Labute approximate surface area is 195 Å². The molecule has 3 heterocycles. The first-order chi connectivity index (χ1) is 15.7. The summed E-state index contributed by atoms with van der Waals surface area (Å²) in [6.07, 6.45) is 3.51. The number of carbonyl (C=O) groups excluding carboxylic acids is 2. The van der Waals surface area contributed by atoms with Crippen molar-refractivity contribution in [2.75, 3.05) is 4.90 Å². The number of fused-ring (bicyclic) bond motifs is 1. The minimum Gasteiger partial charge on any atom is -0.483 e. The molecule has 1 aliphatic carbocycles. The minimum atomic E-state index is -0.568. The maximum atomic E-state index is 13.9. The molecule has 5 rings (SSSR count). The fourth-order valence-corrected chi connectivity index (χ4v) is 5.51. The van der Waals surface area contributed by atoms with Crippen molar-refractivity contribution in [3.05, 3.63) is 58.6 Å². The number of anilines is 1. The molecule has 1 aromatic carbocycles. The van der Waals surface area contributed by atoms with Crippen molar-refractivity contribution >= 4 is 17.5 Å². The van der Waals surface area contributed by atoms with Crippen LogP contribution in [0.2, 0.25) is 0 Å². The van der Waals surface area contributed by atoms with Crippen LogP contribution in [0, 0.1) is 18.8 Å². The number of amides is 1. The Balaban J connectivity index is 1.60. The molecule has 0 radical (unpaired) electrons. The van der Waals surface area contributed by atoms with Crippen LogP contribution in [-0.4, -0.2) is 23.0 Å². The predicted molar refractivity (Wildman–Crippen MR) is 125 cm³/mol. The van der Waals surface area contributed by atoms with Crippen LogP contribution in [0.1, 0.15) is 76.3 Å². The number of nitrogens with zero attached hydrogens (tertiary/aromatic N) is 2. The van der Waals surface area contributed by atoms with Gasteiger partial charge in [-0.1, -0.05) is 63.5 Å². The zero-order valence-electron chi connectivity index (χ0n) is 20.1. The number of hydrogen-bond acceptors (Lipinski definition) is 5. The van der Waals surface area contributed by atoms with E-state index in [-0.39, 0.29) is 34.9 Å². The first kappa shape index (κ1) is 21.9. The molecule has 2 aromatic rings. The van der Waals surface area contributed by atoms with Crippen molar-refractivity contribution in [1.82, 2.24) is 5.16 Å². The largest absolute Gasteiger partial charge is 0.483 e. The molecule has 1 saturated carbocycles. The summed E-state index contributed by atoms with van der Waals surface area (Å²) in [7, 11) is 0. The molecule has 0 N–H and O–H groups in total. The van der Waals surface area contributed by atoms with E-state index in [4.69, 9.17) is 9.26 Å². The SMILES string of the molecule is CCC1CCC2OC3=C(C(=O)C2C1)C(c1ccc(C(C)(C)C)cc1)N(c1cc(C)on1)C3=O. The molecule has 2 aliphatic heterocycles. The van der Waals surface area contributed by atoms with Crippen LogP contribution in [0.4, 0.5) is 5.82 Å². The van der Waals surface area contributed by atoms with Crippen molar-refractivity contribution in [3.8, 4) is 0 Å². The third-order valence-corrected chi connectivity index (χ3v) is 7.49. The van der Waals surface area contributed by atoms with Gasteiger partial charge in [-0.05, 0) is 48.6 Å². The summed E-state index contributed by atoms with van der Waals surface area (Å²) >= 11 is 0. The van der Waals surface area contributed by atoms with Crippen molar-refractivity contribution in [3.63, 3.8) is 0 Å². The molecule has 0 saturated heterocycles. The van der Waals surface area contributed by atoms with E-state index in [1.165, 1.54) is 5.56 Å². The van der Waals surface area contributed by atoms with Gasteiger partial charge >= 0.3 is 0 Å². The number of benzene rings is 1. The van der Waals surface area contributed by atoms with Gasteiger partial charge in [-0.15, -0.1) is 0 Å². The second-order valence-electron chi connectivity index (χ2n) is 10.7. The second-order valence-corrected chi connectivity index (χ2v) is 10.7. The zero-order chi connectivity index (χ0) is 23.5. The maximum absolute atomic E-state index is 13.9. The van der Waals surface area contributed by atoms with Gasteiger partial charge in [0.1, 0.15) is 11.9 Å². The fourth-order valence-electron chi connectivity index (χ4n) is 5.51. The van der Waals surface area contributed by atoms with Gasteiger partial charge in [-0.3, -0.25) is 14.5 Å². The summed E-state index contributed by atoms with van der Waals surface area (Å²) in [6, 6.07) is 9.36. The summed E-state index contributed by atoms with van der Waals surface area (Å²) < 4.78 is 11.6. The van der Waals surface area contributed by atoms with Crippen molar-refractivity contribution in [2.24, 2.45) is 11.8 Å². The van der Waals surface area contributed by atoms with Gasteiger partial charge in [0.2, 0.25) is 0 Å². The highest BCUT2D eigenvalue weighted by Crippen LogP contribution is 2.49. The Bertz CT molecular complexity index is 1120. The molecule has 1 amide bonds. The highest BCUT2D eigenvalue weighted by atomic mass is 16.5. The quantitative estimate of drug-likeness (QED) is 0.627. The molecule has 0 spiro atoms. The number of aromatic nitrogens is 1. The van der Waals surface area contributed by atoms with Gasteiger partial charge in [-0.2, -0.15) is 0 Å². The normalized spacial score (nSPS) is 27.5. The van der Waals surface area contributed by atoms with Gasteiger partial charge in [-0.25, -0.2) is 0 Å². The van der Waals surface area contributed by atoms with E-state index in [1.54, 1.807) is 17.9 Å². The highest BCUT2D eigenvalue weighted by molar-refractivity contribution is 6.17. The number of ketones is 1. The standard InChI is InChI=1S/C27H32N2O4/c1-6-16-7-12-20-19(14-16)24(30)22-23(17-8-10-18(11-9-17)27(3,4)5)29(26(31)25(22)32-20)21-13-15(2)33-28-21/h8-11,13,16,19-20,23H,6-7,12,14H2,1-5H3. The van der Waals surface area contributed by atoms with Crippen LogP contribution in [0.5, 0.6) is 0 Å². The molecule has 1 fully saturated rings. The third-order valence-electron chi connectivity index (χ3n) is 7.49. The van der Waals surface area contributed by atoms with Crippen molar-refractivity contribution in [1.29, 1.82) is 0 Å². The summed E-state index contributed by atoms with van der Waals surface area (Å²) in [5.41, 5.74) is 2.55. The number of hydrogen-bond donors (Lipinski definition) is 0. The fraction of sp³-hybridized carbons (Fsp3) is 0.519. The third kappa shape index (κ3) is 3.60. The van der Waals surface area contributed by atoms with E-state index in [0.29, 0.717) is 23.1 Å². The summed E-state index contributed by atoms with van der Waals surface area (Å²) in [5.74, 6) is 1.29. The van der Waals surface area contributed by atoms with E-state index in [9.17, 15) is 9.59 Å². The summed E-state index contributed by atoms with van der Waals surface area (Å²) in [5, 5.41) is 4.12. The smallest absolute Gasteiger partial charge is 0.295 e. The van der Waals surface area contributed by atoms with E-state index in [2.05, 4.69) is 45.0 Å². The van der Waals surface area contributed by atoms with Gasteiger partial charge in [0.15, 0.2) is 17.4 Å². The first-order valence-electron chi connectivity index (χ1n) is 12.0. The van der Waals surface area contributed by atoms with E-state index >= 15 is 0 Å². The number of rotatable bonds is 3. The lowest BCUT2D eigenvalue weighted by Crippen LogP contribution is -2.41. The minimum absolute atomic E-state index is 0.00557. The zero-order valence-corrected chi connectivity index (χ0v) is 20.1. The molecule has 6 heteroatoms. The number of carbonyl (C=O) groups is 2. The lowest BCUT2D eigenvalue weighted by atomic mass is 9.72. The number of Topliss-reactive ketones (excluding diaryl/α,β-unsaturated/α-hetero) is 1. The van der Waals surface area contributed by atoms with Crippen LogP contribution < -0.4 is 4.90 Å². The van der Waals surface area contributed by atoms with E-state index in [0.717, 1.165) is 31.2 Å². The molecule has 0 bridgehead atoms. The van der Waals surface area contributed by atoms with Crippen molar-refractivity contribution < 1.29 is 18.8 Å². The molecule has 4 unspecified atom stereocenters. The average Bonchev–Trinajstić information content (AvgIpc) is 3.34. The van der Waals surface area contributed by atoms with E-state index in [1.807, 2.05) is 12.1 Å². The molecule has 4 atom stereocenters. The molecular weight excluding hydrogens is 416 g/mol. The van der Waals surface area contributed by atoms with Crippen LogP contribution >= 0.6 is 0 Å². The Morgan fingerprint density at radius 3 is 2.45 bits per heavy atom. The Morgan fingerprint density at radius 1 is 1.12 bits per heavy atom. The topological polar surface area (TPSA) is 72.6 Å². The molecule has 3 aliphatic rings. The van der Waals surface area contributed by atoms with Gasteiger partial charge in [0.05, 0.1) is 17.5 Å². The Hall–Kier alpha value is -2.89. The molecule has 33 heavy (non-hydrogen) atoms. The summed E-state index contributed by atoms with van der Waals surface area (Å²) in [6.45, 7) is 10.5. The van der Waals surface area contributed by atoms with E-state index < -0.39 is 6.04 Å². The lowest BCUT2D eigenvalue weighted by molar-refractivity contribution is -0.132. The van der Waals surface area contributed by atoms with Gasteiger partial charge in [0.25, 0.3) is 5.91 Å². The van der Waals surface area contributed by atoms with Crippen molar-refractivity contribution in [2.45, 2.75) is 77.9 Å². The second kappa shape index (κ2) is 7.86. The number of ether oxygens (including phenoxy) is 1. The predicted octanol–water partition coefficient (Wildman–Crippen LogP) is 5.42. The first-order valence-corrected chi connectivity index (χ1v) is 12.0. The van der Waals surface area contributed by atoms with Crippen LogP contribution in [0.25, 0.3) is 0 Å². The summed E-state index contributed by atoms with van der Waals surface area (Å²) in [4.78, 5) is 29.1. The van der Waals surface area contributed by atoms with Crippen LogP contribution in [0.15, 0.2) is 46.2 Å². The Kier molecular flexibility index (Phi) is 5.22. The average molecular weight is 449 g/mol.